The zero-order valence-electron chi connectivity index (χ0n) is 37.2. The van der Waals surface area contributed by atoms with Gasteiger partial charge in [0.05, 0.1) is 33.8 Å². The van der Waals surface area contributed by atoms with Crippen LogP contribution in [0.2, 0.25) is 0 Å². The number of benzene rings is 11. The first kappa shape index (κ1) is 40.4. The second-order valence-corrected chi connectivity index (χ2v) is 17.0. The van der Waals surface area contributed by atoms with Gasteiger partial charge < -0.3 is 9.80 Å². The molecule has 0 spiro atoms. The number of hydrogen-bond acceptors (Lipinski definition) is 4. The van der Waals surface area contributed by atoms with Crippen molar-refractivity contribution in [3.8, 4) is 44.8 Å². The van der Waals surface area contributed by atoms with Gasteiger partial charge in [-0.2, -0.15) is 0 Å². The molecule has 0 aliphatic carbocycles. The molecular weight excluding hydrogens is 825 g/mol. The number of hydrogen-bond donors (Lipinski definition) is 0. The fourth-order valence-electron chi connectivity index (χ4n) is 9.46. The van der Waals surface area contributed by atoms with Gasteiger partial charge in [-0.25, -0.2) is 9.97 Å². The van der Waals surface area contributed by atoms with E-state index in [9.17, 15) is 0 Å². The standard InChI is InChI=1S/C64H44N4/c1-3-19-53(20-4-1)67(61-27-13-17-49-15-7-9-23-57(49)61)55-41-37-47(38-42-55)45-29-33-51(34-30-45)63-64(66-60-26-12-11-25-59(60)65-63)52-35-31-46(32-36-52)48-39-43-56(44-40-48)68(54-21-5-2-6-22-54)62-28-14-18-50-16-8-10-24-58(50)62/h1-44H. The molecule has 0 N–H and O–H groups in total. The summed E-state index contributed by atoms with van der Waals surface area (Å²) in [6, 6.07) is 94.6. The molecule has 0 aliphatic heterocycles. The molecule has 320 valence electrons. The molecule has 1 heterocycles. The number of fused-ring (bicyclic) bond motifs is 3. The molecule has 0 atom stereocenters. The van der Waals surface area contributed by atoms with Gasteiger partial charge in [0.2, 0.25) is 0 Å². The van der Waals surface area contributed by atoms with Crippen LogP contribution < -0.4 is 9.80 Å². The lowest BCUT2D eigenvalue weighted by Crippen LogP contribution is -2.10. The minimum Gasteiger partial charge on any atom is -0.310 e. The minimum atomic E-state index is 0.853. The van der Waals surface area contributed by atoms with Crippen molar-refractivity contribution in [1.29, 1.82) is 0 Å². The lowest BCUT2D eigenvalue weighted by Gasteiger charge is -2.27. The van der Waals surface area contributed by atoms with Crippen molar-refractivity contribution < 1.29 is 0 Å². The molecule has 0 saturated carbocycles. The van der Waals surface area contributed by atoms with Crippen LogP contribution >= 0.6 is 0 Å². The van der Waals surface area contributed by atoms with Gasteiger partial charge in [-0.05, 0) is 106 Å². The van der Waals surface area contributed by atoms with E-state index in [1.54, 1.807) is 0 Å². The van der Waals surface area contributed by atoms with Gasteiger partial charge in [-0.15, -0.1) is 0 Å². The lowest BCUT2D eigenvalue weighted by molar-refractivity contribution is 1.29. The van der Waals surface area contributed by atoms with E-state index in [-0.39, 0.29) is 0 Å². The average molecular weight is 869 g/mol. The summed E-state index contributed by atoms with van der Waals surface area (Å²) < 4.78 is 0. The Kier molecular flexibility index (Phi) is 10.5. The van der Waals surface area contributed by atoms with Gasteiger partial charge >= 0.3 is 0 Å². The molecule has 0 saturated heterocycles. The van der Waals surface area contributed by atoms with Gasteiger partial charge in [0.25, 0.3) is 0 Å². The normalized spacial score (nSPS) is 11.2. The van der Waals surface area contributed by atoms with Crippen LogP contribution in [0.25, 0.3) is 77.3 Å². The van der Waals surface area contributed by atoms with Gasteiger partial charge in [-0.3, -0.25) is 0 Å². The Bertz CT molecular complexity index is 3440. The van der Waals surface area contributed by atoms with Crippen molar-refractivity contribution in [1.82, 2.24) is 9.97 Å². The summed E-state index contributed by atoms with van der Waals surface area (Å²) >= 11 is 0. The molecule has 11 aromatic carbocycles. The Labute approximate surface area is 396 Å². The van der Waals surface area contributed by atoms with E-state index in [4.69, 9.17) is 9.97 Å². The first-order chi connectivity index (χ1) is 33.7. The van der Waals surface area contributed by atoms with Gasteiger partial charge in [0.1, 0.15) is 0 Å². The topological polar surface area (TPSA) is 32.3 Å². The molecule has 0 fully saturated rings. The minimum absolute atomic E-state index is 0.853. The van der Waals surface area contributed by atoms with E-state index in [0.717, 1.165) is 89.9 Å². The van der Waals surface area contributed by atoms with Crippen LogP contribution in [0.3, 0.4) is 0 Å². The average Bonchev–Trinajstić information content (AvgIpc) is 3.42. The summed E-state index contributed by atoms with van der Waals surface area (Å²) in [5, 5.41) is 4.84. The third kappa shape index (κ3) is 7.70. The largest absolute Gasteiger partial charge is 0.310 e. The number of nitrogens with zero attached hydrogens (tertiary/aromatic N) is 4. The SMILES string of the molecule is c1ccc(N(c2ccc(-c3ccc(-c4nc5ccccc5nc4-c4ccc(-c5ccc(N(c6ccccc6)c6cccc7ccccc67)cc5)cc4)cc3)cc2)c2cccc3ccccc23)cc1. The summed E-state index contributed by atoms with van der Waals surface area (Å²) in [6.45, 7) is 0. The second-order valence-electron chi connectivity index (χ2n) is 17.0. The van der Waals surface area contributed by atoms with Crippen LogP contribution in [0, 0.1) is 0 Å². The summed E-state index contributed by atoms with van der Waals surface area (Å²) in [6.07, 6.45) is 0. The predicted octanol–water partition coefficient (Wildman–Crippen LogP) is 17.5. The van der Waals surface area contributed by atoms with Gasteiger partial charge in [0.15, 0.2) is 0 Å². The van der Waals surface area contributed by atoms with Crippen molar-refractivity contribution in [3.05, 3.63) is 267 Å². The third-order valence-corrected chi connectivity index (χ3v) is 12.8. The van der Waals surface area contributed by atoms with Crippen LogP contribution in [-0.4, -0.2) is 9.97 Å². The monoisotopic (exact) mass is 868 g/mol. The number of rotatable bonds is 10. The zero-order chi connectivity index (χ0) is 45.2. The highest BCUT2D eigenvalue weighted by atomic mass is 15.1. The molecule has 0 bridgehead atoms. The van der Waals surface area contributed by atoms with Crippen molar-refractivity contribution in [3.63, 3.8) is 0 Å². The van der Waals surface area contributed by atoms with Crippen LogP contribution in [0.4, 0.5) is 34.1 Å². The van der Waals surface area contributed by atoms with Crippen LogP contribution in [-0.2, 0) is 0 Å². The van der Waals surface area contributed by atoms with E-state index in [1.807, 2.05) is 24.3 Å². The van der Waals surface area contributed by atoms with E-state index in [2.05, 4.69) is 252 Å². The maximum Gasteiger partial charge on any atom is 0.0973 e. The Balaban J connectivity index is 0.841. The molecule has 68 heavy (non-hydrogen) atoms. The molecule has 0 radical (unpaired) electrons. The maximum absolute atomic E-state index is 5.24. The van der Waals surface area contributed by atoms with Crippen LogP contribution in [0.5, 0.6) is 0 Å². The molecule has 0 amide bonds. The third-order valence-electron chi connectivity index (χ3n) is 12.8. The van der Waals surface area contributed by atoms with Crippen molar-refractivity contribution in [2.75, 3.05) is 9.80 Å². The first-order valence-corrected chi connectivity index (χ1v) is 23.1. The van der Waals surface area contributed by atoms with Crippen LogP contribution in [0.1, 0.15) is 0 Å². The Morgan fingerprint density at radius 2 is 0.515 bits per heavy atom. The van der Waals surface area contributed by atoms with Crippen LogP contribution in [0.15, 0.2) is 267 Å². The predicted molar refractivity (Wildman–Crippen MR) is 286 cm³/mol. The molecule has 4 nitrogen and oxygen atoms in total. The quantitative estimate of drug-likeness (QED) is 0.137. The van der Waals surface area contributed by atoms with E-state index < -0.39 is 0 Å². The van der Waals surface area contributed by atoms with Crippen molar-refractivity contribution in [2.24, 2.45) is 0 Å². The summed E-state index contributed by atoms with van der Waals surface area (Å²) in [5.74, 6) is 0. The molecule has 0 aliphatic rings. The van der Waals surface area contributed by atoms with E-state index >= 15 is 0 Å². The van der Waals surface area contributed by atoms with Gasteiger partial charge in [0, 0.05) is 44.6 Å². The highest BCUT2D eigenvalue weighted by molar-refractivity contribution is 6.00. The fourth-order valence-corrected chi connectivity index (χ4v) is 9.46. The molecule has 12 rings (SSSR count). The smallest absolute Gasteiger partial charge is 0.0973 e. The second kappa shape index (κ2) is 17.7. The van der Waals surface area contributed by atoms with E-state index in [1.165, 1.54) is 21.5 Å². The van der Waals surface area contributed by atoms with Crippen molar-refractivity contribution in [2.45, 2.75) is 0 Å². The molecular formula is C64H44N4. The van der Waals surface area contributed by atoms with Crippen molar-refractivity contribution >= 4 is 66.7 Å². The highest BCUT2D eigenvalue weighted by Gasteiger charge is 2.18. The number of anilines is 6. The van der Waals surface area contributed by atoms with Gasteiger partial charge in [-0.1, -0.05) is 194 Å². The highest BCUT2D eigenvalue weighted by Crippen LogP contribution is 2.42. The number of para-hydroxylation sites is 4. The Morgan fingerprint density at radius 1 is 0.221 bits per heavy atom. The van der Waals surface area contributed by atoms with E-state index in [0.29, 0.717) is 0 Å². The molecule has 12 aromatic rings. The molecule has 0 unspecified atom stereocenters. The summed E-state index contributed by atoms with van der Waals surface area (Å²) in [7, 11) is 0. The summed E-state index contributed by atoms with van der Waals surface area (Å²) in [5.41, 5.74) is 16.7. The summed E-state index contributed by atoms with van der Waals surface area (Å²) in [4.78, 5) is 15.2. The maximum atomic E-state index is 5.24. The Hall–Kier alpha value is -9.12. The Morgan fingerprint density at radius 3 is 0.912 bits per heavy atom. The first-order valence-electron chi connectivity index (χ1n) is 23.1. The fraction of sp³-hybridized carbons (Fsp3) is 0. The molecule has 4 heteroatoms. The lowest BCUT2D eigenvalue weighted by atomic mass is 9.98. The zero-order valence-corrected chi connectivity index (χ0v) is 37.2. The molecule has 1 aromatic heterocycles. The number of aromatic nitrogens is 2.